The highest BCUT2D eigenvalue weighted by molar-refractivity contribution is 6.30. The fourth-order valence-electron chi connectivity index (χ4n) is 1.69. The van der Waals surface area contributed by atoms with Crippen LogP contribution in [0, 0.1) is 0 Å². The zero-order valence-electron chi connectivity index (χ0n) is 10.7. The van der Waals surface area contributed by atoms with E-state index in [9.17, 15) is 0 Å². The Kier molecular flexibility index (Phi) is 4.90. The number of nitrogens with two attached hydrogens (primary N) is 1. The lowest BCUT2D eigenvalue weighted by atomic mass is 10.1. The van der Waals surface area contributed by atoms with E-state index >= 15 is 0 Å². The van der Waals surface area contributed by atoms with E-state index in [1.807, 2.05) is 24.3 Å². The first-order chi connectivity index (χ1) is 9.21. The quantitative estimate of drug-likeness (QED) is 0.874. The van der Waals surface area contributed by atoms with Crippen LogP contribution in [0.1, 0.15) is 17.3 Å². The largest absolute Gasteiger partial charge is 0.380 e. The smallest absolute Gasteiger partial charge is 0.229 e. The molecule has 0 spiro atoms. The van der Waals surface area contributed by atoms with E-state index in [0.717, 1.165) is 5.56 Å². The minimum atomic E-state index is -0.0937. The van der Waals surface area contributed by atoms with Crippen molar-refractivity contribution in [2.24, 2.45) is 5.73 Å². The normalized spacial score (nSPS) is 12.6. The van der Waals surface area contributed by atoms with Gasteiger partial charge >= 0.3 is 0 Å². The molecular weight excluding hydrogens is 266 g/mol. The fourth-order valence-corrected chi connectivity index (χ4v) is 1.81. The number of methoxy groups -OCH3 is 1. The van der Waals surface area contributed by atoms with Gasteiger partial charge in [-0.1, -0.05) is 28.9 Å². The van der Waals surface area contributed by atoms with Crippen LogP contribution in [0.25, 0.3) is 0 Å². The van der Waals surface area contributed by atoms with E-state index in [2.05, 4.69) is 10.1 Å². The molecule has 2 rings (SSSR count). The number of hydrogen-bond donors (Lipinski definition) is 1. The Morgan fingerprint density at radius 3 is 2.74 bits per heavy atom. The summed E-state index contributed by atoms with van der Waals surface area (Å²) in [5, 5.41) is 4.65. The number of halogens is 1. The predicted molar refractivity (Wildman–Crippen MR) is 72.1 cm³/mol. The average Bonchev–Trinajstić information content (AvgIpc) is 2.86. The van der Waals surface area contributed by atoms with E-state index in [1.54, 1.807) is 7.11 Å². The van der Waals surface area contributed by atoms with E-state index in [0.29, 0.717) is 36.1 Å². The van der Waals surface area contributed by atoms with Crippen molar-refractivity contribution in [3.8, 4) is 0 Å². The number of benzene rings is 1. The van der Waals surface area contributed by atoms with Gasteiger partial charge in [0.2, 0.25) is 5.89 Å². The Bertz CT molecular complexity index is 509. The molecule has 0 bridgehead atoms. The summed E-state index contributed by atoms with van der Waals surface area (Å²) in [6, 6.07) is 7.56. The minimum Gasteiger partial charge on any atom is -0.380 e. The molecule has 2 aromatic rings. The van der Waals surface area contributed by atoms with E-state index in [-0.39, 0.29) is 6.10 Å². The van der Waals surface area contributed by atoms with Gasteiger partial charge in [0.05, 0.1) is 12.5 Å². The molecule has 1 aromatic carbocycles. The molecular formula is C13H16ClN3O2. The van der Waals surface area contributed by atoms with Gasteiger partial charge in [-0.15, -0.1) is 0 Å². The maximum Gasteiger partial charge on any atom is 0.229 e. The molecule has 1 unspecified atom stereocenters. The van der Waals surface area contributed by atoms with Gasteiger partial charge < -0.3 is 15.0 Å². The second kappa shape index (κ2) is 6.65. The van der Waals surface area contributed by atoms with Gasteiger partial charge in [-0.25, -0.2) is 0 Å². The Morgan fingerprint density at radius 1 is 1.37 bits per heavy atom. The van der Waals surface area contributed by atoms with Crippen LogP contribution in [0.15, 0.2) is 28.8 Å². The predicted octanol–water partition coefficient (Wildman–Crippen LogP) is 1.83. The molecule has 2 N–H and O–H groups in total. The summed E-state index contributed by atoms with van der Waals surface area (Å²) in [5.41, 5.74) is 6.63. The molecule has 0 saturated heterocycles. The standard InChI is InChI=1S/C13H16ClN3O2/c1-18-11(8-15)7-13-16-12(17-19-13)6-9-2-4-10(14)5-3-9/h2-5,11H,6-8,15H2,1H3. The number of aromatic nitrogens is 2. The summed E-state index contributed by atoms with van der Waals surface area (Å²) >= 11 is 5.83. The van der Waals surface area contributed by atoms with Crippen molar-refractivity contribution in [3.05, 3.63) is 46.6 Å². The SMILES string of the molecule is COC(CN)Cc1nc(Cc2ccc(Cl)cc2)no1. The summed E-state index contributed by atoms with van der Waals surface area (Å²) in [4.78, 5) is 4.32. The zero-order chi connectivity index (χ0) is 13.7. The Balaban J connectivity index is 1.99. The first-order valence-electron chi connectivity index (χ1n) is 6.00. The Morgan fingerprint density at radius 2 is 2.11 bits per heavy atom. The molecule has 0 amide bonds. The van der Waals surface area contributed by atoms with E-state index in [1.165, 1.54) is 0 Å². The topological polar surface area (TPSA) is 74.2 Å². The van der Waals surface area contributed by atoms with Crippen molar-refractivity contribution in [3.63, 3.8) is 0 Å². The van der Waals surface area contributed by atoms with Crippen molar-refractivity contribution in [1.29, 1.82) is 0 Å². The molecule has 1 heterocycles. The Hall–Kier alpha value is -1.43. The number of ether oxygens (including phenoxy) is 1. The Labute approximate surface area is 116 Å². The molecule has 0 aliphatic carbocycles. The highest BCUT2D eigenvalue weighted by Crippen LogP contribution is 2.12. The van der Waals surface area contributed by atoms with Crippen molar-refractivity contribution in [2.45, 2.75) is 18.9 Å². The first-order valence-corrected chi connectivity index (χ1v) is 6.38. The second-order valence-corrected chi connectivity index (χ2v) is 4.64. The summed E-state index contributed by atoms with van der Waals surface area (Å²) in [7, 11) is 1.61. The summed E-state index contributed by atoms with van der Waals surface area (Å²) < 4.78 is 10.3. The highest BCUT2D eigenvalue weighted by atomic mass is 35.5. The molecule has 1 atom stereocenters. The van der Waals surface area contributed by atoms with Gasteiger partial charge in [0.25, 0.3) is 0 Å². The maximum absolute atomic E-state index is 5.83. The van der Waals surface area contributed by atoms with Crippen molar-refractivity contribution >= 4 is 11.6 Å². The van der Waals surface area contributed by atoms with Gasteiger partial charge in [0.1, 0.15) is 0 Å². The average molecular weight is 282 g/mol. The van der Waals surface area contributed by atoms with E-state index in [4.69, 9.17) is 26.6 Å². The van der Waals surface area contributed by atoms with Gasteiger partial charge in [-0.3, -0.25) is 0 Å². The highest BCUT2D eigenvalue weighted by Gasteiger charge is 2.13. The molecule has 0 aliphatic rings. The molecule has 102 valence electrons. The fraction of sp³-hybridized carbons (Fsp3) is 0.385. The zero-order valence-corrected chi connectivity index (χ0v) is 11.4. The van der Waals surface area contributed by atoms with Gasteiger partial charge in [0, 0.05) is 25.1 Å². The molecule has 0 fully saturated rings. The number of hydrogen-bond acceptors (Lipinski definition) is 5. The maximum atomic E-state index is 5.83. The van der Waals surface area contributed by atoms with Gasteiger partial charge in [-0.2, -0.15) is 4.98 Å². The van der Waals surface area contributed by atoms with Crippen LogP contribution in [0.5, 0.6) is 0 Å². The third kappa shape index (κ3) is 4.02. The molecule has 0 radical (unpaired) electrons. The molecule has 1 aromatic heterocycles. The van der Waals surface area contributed by atoms with Crippen LogP contribution in [-0.4, -0.2) is 29.9 Å². The molecule has 5 nitrogen and oxygen atoms in total. The summed E-state index contributed by atoms with van der Waals surface area (Å²) in [6.07, 6.45) is 1.05. The van der Waals surface area contributed by atoms with Crippen LogP contribution >= 0.6 is 11.6 Å². The van der Waals surface area contributed by atoms with Crippen molar-refractivity contribution in [1.82, 2.24) is 10.1 Å². The monoisotopic (exact) mass is 281 g/mol. The molecule has 0 aliphatic heterocycles. The van der Waals surface area contributed by atoms with Gasteiger partial charge in [-0.05, 0) is 17.7 Å². The minimum absolute atomic E-state index is 0.0937. The molecule has 6 heteroatoms. The number of nitrogens with zero attached hydrogens (tertiary/aromatic N) is 2. The van der Waals surface area contributed by atoms with Crippen molar-refractivity contribution in [2.75, 3.05) is 13.7 Å². The first kappa shape index (κ1) is 14.0. The summed E-state index contributed by atoms with van der Waals surface area (Å²) in [6.45, 7) is 0.422. The van der Waals surface area contributed by atoms with Crippen LogP contribution in [0.3, 0.4) is 0 Å². The van der Waals surface area contributed by atoms with Crippen LogP contribution in [0.4, 0.5) is 0 Å². The lowest BCUT2D eigenvalue weighted by molar-refractivity contribution is 0.102. The lowest BCUT2D eigenvalue weighted by Crippen LogP contribution is -2.24. The summed E-state index contributed by atoms with van der Waals surface area (Å²) in [5.74, 6) is 1.19. The molecule has 0 saturated carbocycles. The third-order valence-corrected chi connectivity index (χ3v) is 3.04. The lowest BCUT2D eigenvalue weighted by Gasteiger charge is -2.08. The van der Waals surface area contributed by atoms with E-state index < -0.39 is 0 Å². The second-order valence-electron chi connectivity index (χ2n) is 4.21. The third-order valence-electron chi connectivity index (χ3n) is 2.78. The van der Waals surface area contributed by atoms with Crippen LogP contribution in [-0.2, 0) is 17.6 Å². The molecule has 19 heavy (non-hydrogen) atoms. The van der Waals surface area contributed by atoms with Crippen LogP contribution in [0.2, 0.25) is 5.02 Å². The van der Waals surface area contributed by atoms with Gasteiger partial charge in [0.15, 0.2) is 5.82 Å². The van der Waals surface area contributed by atoms with Crippen molar-refractivity contribution < 1.29 is 9.26 Å². The van der Waals surface area contributed by atoms with Crippen LogP contribution < -0.4 is 5.73 Å². The number of rotatable bonds is 6.